The average molecular weight is 186 g/mol. The summed E-state index contributed by atoms with van der Waals surface area (Å²) in [5.74, 6) is -0.666. The van der Waals surface area contributed by atoms with E-state index in [1.165, 1.54) is 0 Å². The van der Waals surface area contributed by atoms with Gasteiger partial charge in [0.15, 0.2) is 5.96 Å². The third-order valence-electron chi connectivity index (χ3n) is 2.23. The Morgan fingerprint density at radius 1 is 1.62 bits per heavy atom. The standard InChI is InChI=1S/C7H14N4O2/c8-5(6(12)13)4-1-3(4)2-11-7(9)10/h3-5H,1-2,8H2,(H,12,13)(H4,9,10,11)/t3-,4+,5-/m0/s1. The van der Waals surface area contributed by atoms with Gasteiger partial charge in [-0.2, -0.15) is 0 Å². The predicted octanol–water partition coefficient (Wildman–Crippen LogP) is -1.69. The molecular formula is C7H14N4O2. The lowest BCUT2D eigenvalue weighted by atomic mass is 10.1. The van der Waals surface area contributed by atoms with Crippen LogP contribution in [0, 0.1) is 11.8 Å². The summed E-state index contributed by atoms with van der Waals surface area (Å²) in [5, 5.41) is 8.58. The second-order valence-corrected chi connectivity index (χ2v) is 3.29. The molecular weight excluding hydrogens is 172 g/mol. The van der Waals surface area contributed by atoms with Crippen molar-refractivity contribution in [3.05, 3.63) is 0 Å². The molecule has 1 saturated carbocycles. The van der Waals surface area contributed by atoms with Gasteiger partial charge in [0.25, 0.3) is 0 Å². The Morgan fingerprint density at radius 2 is 2.23 bits per heavy atom. The van der Waals surface area contributed by atoms with Crippen molar-refractivity contribution >= 4 is 11.9 Å². The third kappa shape index (κ3) is 2.59. The number of aliphatic imine (C=N–C) groups is 1. The van der Waals surface area contributed by atoms with Crippen LogP contribution in [0.4, 0.5) is 0 Å². The maximum absolute atomic E-state index is 10.5. The van der Waals surface area contributed by atoms with Gasteiger partial charge < -0.3 is 22.3 Å². The highest BCUT2D eigenvalue weighted by atomic mass is 16.4. The molecule has 0 spiro atoms. The fourth-order valence-electron chi connectivity index (χ4n) is 1.33. The molecule has 1 fully saturated rings. The maximum Gasteiger partial charge on any atom is 0.320 e. The Hall–Kier alpha value is -1.30. The molecule has 0 aromatic heterocycles. The second kappa shape index (κ2) is 3.61. The summed E-state index contributed by atoms with van der Waals surface area (Å²) in [6.45, 7) is 0.480. The number of hydrogen-bond donors (Lipinski definition) is 4. The van der Waals surface area contributed by atoms with E-state index in [1.807, 2.05) is 0 Å². The molecule has 0 aliphatic heterocycles. The molecule has 13 heavy (non-hydrogen) atoms. The highest BCUT2D eigenvalue weighted by Crippen LogP contribution is 2.40. The average Bonchev–Trinajstić information content (AvgIpc) is 2.78. The summed E-state index contributed by atoms with van der Waals surface area (Å²) in [6, 6.07) is -0.779. The van der Waals surface area contributed by atoms with Crippen molar-refractivity contribution in [2.75, 3.05) is 6.54 Å². The molecule has 74 valence electrons. The van der Waals surface area contributed by atoms with Crippen LogP contribution in [-0.4, -0.2) is 29.6 Å². The normalized spacial score (nSPS) is 27.8. The van der Waals surface area contributed by atoms with E-state index in [2.05, 4.69) is 4.99 Å². The zero-order valence-electron chi connectivity index (χ0n) is 7.18. The van der Waals surface area contributed by atoms with E-state index in [0.29, 0.717) is 6.54 Å². The van der Waals surface area contributed by atoms with Crippen molar-refractivity contribution in [1.29, 1.82) is 0 Å². The highest BCUT2D eigenvalue weighted by Gasteiger charge is 2.44. The lowest BCUT2D eigenvalue weighted by molar-refractivity contribution is -0.139. The van der Waals surface area contributed by atoms with Crippen molar-refractivity contribution < 1.29 is 9.90 Å². The van der Waals surface area contributed by atoms with Gasteiger partial charge in [-0.15, -0.1) is 0 Å². The topological polar surface area (TPSA) is 128 Å². The monoisotopic (exact) mass is 186 g/mol. The molecule has 6 heteroatoms. The molecule has 1 aliphatic rings. The first kappa shape index (κ1) is 9.79. The fourth-order valence-corrected chi connectivity index (χ4v) is 1.33. The number of nitrogens with zero attached hydrogens (tertiary/aromatic N) is 1. The first-order valence-corrected chi connectivity index (χ1v) is 4.06. The minimum atomic E-state index is -0.961. The molecule has 7 N–H and O–H groups in total. The molecule has 1 rings (SSSR count). The van der Waals surface area contributed by atoms with Crippen LogP contribution >= 0.6 is 0 Å². The molecule has 1 aliphatic carbocycles. The van der Waals surface area contributed by atoms with Crippen LogP contribution in [0.25, 0.3) is 0 Å². The van der Waals surface area contributed by atoms with E-state index in [1.54, 1.807) is 0 Å². The summed E-state index contributed by atoms with van der Waals surface area (Å²) in [4.78, 5) is 14.3. The van der Waals surface area contributed by atoms with E-state index in [0.717, 1.165) is 6.42 Å². The van der Waals surface area contributed by atoms with E-state index in [-0.39, 0.29) is 17.8 Å². The molecule has 0 radical (unpaired) electrons. The molecule has 0 aromatic rings. The van der Waals surface area contributed by atoms with Crippen molar-refractivity contribution in [1.82, 2.24) is 0 Å². The molecule has 0 amide bonds. The number of guanidine groups is 1. The molecule has 0 saturated heterocycles. The first-order valence-electron chi connectivity index (χ1n) is 4.06. The van der Waals surface area contributed by atoms with E-state index in [4.69, 9.17) is 22.3 Å². The zero-order valence-corrected chi connectivity index (χ0v) is 7.18. The Bertz CT molecular complexity index is 237. The van der Waals surface area contributed by atoms with Gasteiger partial charge in [0.05, 0.1) is 0 Å². The minimum absolute atomic E-state index is 0.0283. The third-order valence-corrected chi connectivity index (χ3v) is 2.23. The highest BCUT2D eigenvalue weighted by molar-refractivity contribution is 5.76. The zero-order chi connectivity index (χ0) is 10.0. The molecule has 6 nitrogen and oxygen atoms in total. The van der Waals surface area contributed by atoms with Gasteiger partial charge in [-0.05, 0) is 18.3 Å². The van der Waals surface area contributed by atoms with Gasteiger partial charge in [-0.25, -0.2) is 0 Å². The number of nitrogens with two attached hydrogens (primary N) is 3. The van der Waals surface area contributed by atoms with Crippen LogP contribution < -0.4 is 17.2 Å². The number of aliphatic carboxylic acids is 1. The van der Waals surface area contributed by atoms with Crippen LogP contribution in [0.3, 0.4) is 0 Å². The van der Waals surface area contributed by atoms with Crippen LogP contribution in [0.15, 0.2) is 4.99 Å². The van der Waals surface area contributed by atoms with E-state index in [9.17, 15) is 4.79 Å². The van der Waals surface area contributed by atoms with Gasteiger partial charge >= 0.3 is 5.97 Å². The lowest BCUT2D eigenvalue weighted by Crippen LogP contribution is -2.33. The van der Waals surface area contributed by atoms with Gasteiger partial charge in [0.2, 0.25) is 0 Å². The van der Waals surface area contributed by atoms with Crippen molar-refractivity contribution in [2.45, 2.75) is 12.5 Å². The summed E-state index contributed by atoms with van der Waals surface area (Å²) in [6.07, 6.45) is 0.796. The molecule has 0 heterocycles. The van der Waals surface area contributed by atoms with Crippen molar-refractivity contribution in [3.8, 4) is 0 Å². The van der Waals surface area contributed by atoms with Gasteiger partial charge in [0.1, 0.15) is 6.04 Å². The summed E-state index contributed by atoms with van der Waals surface area (Å²) in [5.41, 5.74) is 15.7. The van der Waals surface area contributed by atoms with E-state index >= 15 is 0 Å². The largest absolute Gasteiger partial charge is 0.480 e. The number of rotatable bonds is 4. The quantitative estimate of drug-likeness (QED) is 0.307. The van der Waals surface area contributed by atoms with Gasteiger partial charge in [-0.1, -0.05) is 0 Å². The van der Waals surface area contributed by atoms with Gasteiger partial charge in [-0.3, -0.25) is 9.79 Å². The Labute approximate surface area is 75.8 Å². The lowest BCUT2D eigenvalue weighted by Gasteiger charge is -2.03. The van der Waals surface area contributed by atoms with Crippen LogP contribution in [-0.2, 0) is 4.79 Å². The Kier molecular flexibility index (Phi) is 2.72. The molecule has 0 aromatic carbocycles. The Balaban J connectivity index is 2.30. The summed E-state index contributed by atoms with van der Waals surface area (Å²) < 4.78 is 0. The smallest absolute Gasteiger partial charge is 0.320 e. The molecule has 0 bridgehead atoms. The van der Waals surface area contributed by atoms with Crippen LogP contribution in [0.1, 0.15) is 6.42 Å². The second-order valence-electron chi connectivity index (χ2n) is 3.29. The van der Waals surface area contributed by atoms with Crippen molar-refractivity contribution in [3.63, 3.8) is 0 Å². The van der Waals surface area contributed by atoms with Crippen LogP contribution in [0.2, 0.25) is 0 Å². The number of carboxylic acid groups (broad SMARTS) is 1. The maximum atomic E-state index is 10.5. The fraction of sp³-hybridized carbons (Fsp3) is 0.714. The number of hydrogen-bond acceptors (Lipinski definition) is 3. The van der Waals surface area contributed by atoms with Crippen LogP contribution in [0.5, 0.6) is 0 Å². The Morgan fingerprint density at radius 3 is 2.69 bits per heavy atom. The first-order chi connectivity index (χ1) is 6.02. The SMILES string of the molecule is NC(N)=NC[C@@H]1C[C@H]1[C@H](N)C(=O)O. The number of carboxylic acids is 1. The summed E-state index contributed by atoms with van der Waals surface area (Å²) >= 11 is 0. The molecule has 0 unspecified atom stereocenters. The summed E-state index contributed by atoms with van der Waals surface area (Å²) in [7, 11) is 0. The predicted molar refractivity (Wildman–Crippen MR) is 47.9 cm³/mol. The van der Waals surface area contributed by atoms with E-state index < -0.39 is 12.0 Å². The van der Waals surface area contributed by atoms with Gasteiger partial charge in [0, 0.05) is 6.54 Å². The molecule has 3 atom stereocenters. The minimum Gasteiger partial charge on any atom is -0.480 e. The number of carbonyl (C=O) groups is 1. The van der Waals surface area contributed by atoms with Crippen molar-refractivity contribution in [2.24, 2.45) is 34.0 Å².